The molecule has 0 aliphatic heterocycles. The monoisotopic (exact) mass is 176 g/mol. The third kappa shape index (κ3) is 1.91. The molecule has 0 radical (unpaired) electrons. The van der Waals surface area contributed by atoms with Crippen LogP contribution in [0.15, 0.2) is 5.29 Å². The fourth-order valence-corrected chi connectivity index (χ4v) is 0.691. The third-order valence-corrected chi connectivity index (χ3v) is 1.41. The highest BCUT2D eigenvalue weighted by molar-refractivity contribution is 5.79. The first-order chi connectivity index (χ1) is 5.50. The summed E-state index contributed by atoms with van der Waals surface area (Å²) < 4.78 is 4.44. The van der Waals surface area contributed by atoms with Gasteiger partial charge in [-0.05, 0) is 13.8 Å². The van der Waals surface area contributed by atoms with E-state index < -0.39 is 11.5 Å². The molecule has 0 rings (SSSR count). The molecule has 12 heavy (non-hydrogen) atoms. The lowest BCUT2D eigenvalue weighted by Crippen LogP contribution is -2.47. The van der Waals surface area contributed by atoms with Crippen LogP contribution in [-0.2, 0) is 14.4 Å². The zero-order chi connectivity index (χ0) is 9.78. The fourth-order valence-electron chi connectivity index (χ4n) is 0.691. The van der Waals surface area contributed by atoms with Gasteiger partial charge in [-0.2, -0.15) is 0 Å². The van der Waals surface area contributed by atoms with Crippen LogP contribution < -0.4 is 0 Å². The van der Waals surface area contributed by atoms with Crippen LogP contribution in [0.2, 0.25) is 0 Å². The summed E-state index contributed by atoms with van der Waals surface area (Å²) in [5.41, 5.74) is -1.20. The van der Waals surface area contributed by atoms with Crippen LogP contribution in [0.5, 0.6) is 0 Å². The van der Waals surface area contributed by atoms with Gasteiger partial charge in [0.2, 0.25) is 0 Å². The maximum Gasteiger partial charge on any atom is 0.335 e. The van der Waals surface area contributed by atoms with E-state index >= 15 is 0 Å². The van der Waals surface area contributed by atoms with Gasteiger partial charge in [-0.25, -0.2) is 4.79 Å². The van der Waals surface area contributed by atoms with E-state index in [-0.39, 0.29) is 0 Å². The molecule has 0 saturated heterocycles. The number of nitroso groups, excluding NO2 is 1. The third-order valence-electron chi connectivity index (χ3n) is 1.41. The van der Waals surface area contributed by atoms with Gasteiger partial charge in [0.05, 0.1) is 19.5 Å². The van der Waals surface area contributed by atoms with Crippen molar-refractivity contribution in [3.05, 3.63) is 4.91 Å². The minimum Gasteiger partial charge on any atom is -0.467 e. The van der Waals surface area contributed by atoms with E-state index in [4.69, 9.17) is 0 Å². The minimum atomic E-state index is -1.20. The van der Waals surface area contributed by atoms with Gasteiger partial charge >= 0.3 is 5.97 Å². The Bertz CT molecular complexity index is 180. The van der Waals surface area contributed by atoms with Crippen LogP contribution >= 0.6 is 0 Å². The summed E-state index contributed by atoms with van der Waals surface area (Å²) >= 11 is 0. The highest BCUT2D eigenvalue weighted by Gasteiger charge is 2.37. The number of hydroxylamine groups is 1. The first-order valence-corrected chi connectivity index (χ1v) is 3.26. The van der Waals surface area contributed by atoms with Crippen molar-refractivity contribution < 1.29 is 14.4 Å². The number of rotatable bonds is 4. The second-order valence-electron chi connectivity index (χ2n) is 2.59. The standard InChI is InChI=1S/C6H12N2O4/c1-6(2,5(9)11-3)8(7-10)12-4/h1-4H3. The average Bonchev–Trinajstić information content (AvgIpc) is 2.04. The van der Waals surface area contributed by atoms with Gasteiger partial charge in [-0.15, -0.1) is 10.1 Å². The molecule has 0 aliphatic rings. The molecule has 0 spiro atoms. The quantitative estimate of drug-likeness (QED) is 0.354. The molecule has 0 heterocycles. The van der Waals surface area contributed by atoms with Crippen LogP contribution in [-0.4, -0.2) is 30.9 Å². The Morgan fingerprint density at radius 1 is 1.42 bits per heavy atom. The summed E-state index contributed by atoms with van der Waals surface area (Å²) in [5.74, 6) is -0.594. The van der Waals surface area contributed by atoms with Crippen LogP contribution in [0.4, 0.5) is 0 Å². The molecule has 0 bridgehead atoms. The number of hydrogen-bond donors (Lipinski definition) is 0. The molecular formula is C6H12N2O4. The van der Waals surface area contributed by atoms with E-state index in [2.05, 4.69) is 14.9 Å². The van der Waals surface area contributed by atoms with E-state index in [9.17, 15) is 9.70 Å². The molecule has 6 heteroatoms. The van der Waals surface area contributed by atoms with E-state index in [0.717, 1.165) is 0 Å². The van der Waals surface area contributed by atoms with Crippen molar-refractivity contribution in [3.63, 3.8) is 0 Å². The Balaban J connectivity index is 4.55. The van der Waals surface area contributed by atoms with E-state index in [1.54, 1.807) is 0 Å². The SMILES string of the molecule is COC(=O)C(C)(C)N(N=O)OC. The van der Waals surface area contributed by atoms with Crippen LogP contribution in [0.25, 0.3) is 0 Å². The average molecular weight is 176 g/mol. The topological polar surface area (TPSA) is 68.2 Å². The number of hydrogen-bond acceptors (Lipinski definition) is 5. The molecule has 0 fully saturated rings. The summed E-state index contributed by atoms with van der Waals surface area (Å²) in [4.78, 5) is 25.7. The van der Waals surface area contributed by atoms with E-state index in [1.807, 2.05) is 0 Å². The van der Waals surface area contributed by atoms with E-state index in [1.165, 1.54) is 28.1 Å². The predicted molar refractivity (Wildman–Crippen MR) is 40.7 cm³/mol. The van der Waals surface area contributed by atoms with Gasteiger partial charge in [0, 0.05) is 0 Å². The minimum absolute atomic E-state index is 0.594. The first-order valence-electron chi connectivity index (χ1n) is 3.26. The molecule has 0 aromatic heterocycles. The molecular weight excluding hydrogens is 164 g/mol. The Kier molecular flexibility index (Phi) is 3.62. The summed E-state index contributed by atoms with van der Waals surface area (Å²) in [6.45, 7) is 2.92. The molecule has 70 valence electrons. The summed E-state index contributed by atoms with van der Waals surface area (Å²) in [6, 6.07) is 0. The lowest BCUT2D eigenvalue weighted by atomic mass is 10.1. The molecule has 0 aliphatic carbocycles. The molecule has 0 aromatic carbocycles. The Labute approximate surface area is 70.3 Å². The number of esters is 1. The second kappa shape index (κ2) is 4.01. The predicted octanol–water partition coefficient (Wildman–Crippen LogP) is 0.483. The molecule has 0 saturated carbocycles. The lowest BCUT2D eigenvalue weighted by molar-refractivity contribution is -0.210. The number of carbonyl (C=O) groups excluding carboxylic acids is 1. The fraction of sp³-hybridized carbons (Fsp3) is 0.833. The Morgan fingerprint density at radius 2 is 1.92 bits per heavy atom. The number of carbonyl (C=O) groups is 1. The molecule has 0 aromatic rings. The maximum absolute atomic E-state index is 11.0. The van der Waals surface area contributed by atoms with Crippen LogP contribution in [0.3, 0.4) is 0 Å². The van der Waals surface area contributed by atoms with Crippen LogP contribution in [0.1, 0.15) is 13.8 Å². The van der Waals surface area contributed by atoms with Crippen molar-refractivity contribution in [3.8, 4) is 0 Å². The summed E-state index contributed by atoms with van der Waals surface area (Å²) in [5, 5.41) is 3.15. The summed E-state index contributed by atoms with van der Waals surface area (Å²) in [6.07, 6.45) is 0. The lowest BCUT2D eigenvalue weighted by Gasteiger charge is -2.27. The zero-order valence-corrected chi connectivity index (χ0v) is 7.53. The number of ether oxygens (including phenoxy) is 1. The molecule has 6 nitrogen and oxygen atoms in total. The van der Waals surface area contributed by atoms with Gasteiger partial charge in [0.25, 0.3) is 0 Å². The van der Waals surface area contributed by atoms with Crippen molar-refractivity contribution in [2.24, 2.45) is 5.29 Å². The van der Waals surface area contributed by atoms with Crippen LogP contribution in [0, 0.1) is 4.91 Å². The van der Waals surface area contributed by atoms with E-state index in [0.29, 0.717) is 5.17 Å². The van der Waals surface area contributed by atoms with Gasteiger partial charge in [-0.3, -0.25) is 4.84 Å². The van der Waals surface area contributed by atoms with Crippen molar-refractivity contribution in [1.29, 1.82) is 0 Å². The normalized spacial score (nSPS) is 10.7. The molecule has 0 N–H and O–H groups in total. The maximum atomic E-state index is 11.0. The van der Waals surface area contributed by atoms with Crippen molar-refractivity contribution >= 4 is 5.97 Å². The highest BCUT2D eigenvalue weighted by Crippen LogP contribution is 2.15. The Hall–Kier alpha value is -1.17. The van der Waals surface area contributed by atoms with Crippen molar-refractivity contribution in [2.75, 3.05) is 14.2 Å². The number of nitrogens with zero attached hydrogens (tertiary/aromatic N) is 2. The summed E-state index contributed by atoms with van der Waals surface area (Å²) in [7, 11) is 2.47. The van der Waals surface area contributed by atoms with Gasteiger partial charge in [-0.1, -0.05) is 0 Å². The van der Waals surface area contributed by atoms with Gasteiger partial charge < -0.3 is 4.74 Å². The second-order valence-corrected chi connectivity index (χ2v) is 2.59. The zero-order valence-electron chi connectivity index (χ0n) is 7.53. The van der Waals surface area contributed by atoms with Crippen molar-refractivity contribution in [2.45, 2.75) is 19.4 Å². The Morgan fingerprint density at radius 3 is 2.17 bits per heavy atom. The number of methoxy groups -OCH3 is 1. The molecule has 0 atom stereocenters. The largest absolute Gasteiger partial charge is 0.467 e. The van der Waals surface area contributed by atoms with Crippen molar-refractivity contribution in [1.82, 2.24) is 5.17 Å². The molecule has 0 unspecified atom stereocenters. The van der Waals surface area contributed by atoms with Gasteiger partial charge in [0.1, 0.15) is 0 Å². The first kappa shape index (κ1) is 10.8. The van der Waals surface area contributed by atoms with Gasteiger partial charge in [0.15, 0.2) is 5.54 Å². The molecule has 0 amide bonds. The smallest absolute Gasteiger partial charge is 0.335 e. The highest BCUT2D eigenvalue weighted by atomic mass is 16.7.